The first-order valence-electron chi connectivity index (χ1n) is 7.74. The zero-order chi connectivity index (χ0) is 16.2. The van der Waals surface area contributed by atoms with E-state index in [9.17, 15) is 0 Å². The van der Waals surface area contributed by atoms with Crippen molar-refractivity contribution >= 4 is 23.4 Å². The van der Waals surface area contributed by atoms with Crippen LogP contribution in [0.2, 0.25) is 0 Å². The van der Waals surface area contributed by atoms with E-state index in [1.54, 1.807) is 18.9 Å². The third kappa shape index (κ3) is 4.14. The average molecular weight is 330 g/mol. The first-order valence-corrected chi connectivity index (χ1v) is 8.73. The number of nitrogens with zero attached hydrogens (tertiary/aromatic N) is 3. The Hall–Kier alpha value is -1.79. The lowest BCUT2D eigenvalue weighted by Crippen LogP contribution is -2.23. The Morgan fingerprint density at radius 3 is 2.78 bits per heavy atom. The number of rotatable bonds is 5. The number of aromatic nitrogens is 2. The Labute approximate surface area is 141 Å². The molecule has 1 aromatic heterocycles. The van der Waals surface area contributed by atoms with E-state index in [1.807, 2.05) is 6.07 Å². The maximum absolute atomic E-state index is 5.96. The number of thioether (sulfide) groups is 1. The molecule has 1 aliphatic heterocycles. The van der Waals surface area contributed by atoms with E-state index in [0.717, 1.165) is 36.2 Å². The first kappa shape index (κ1) is 16.1. The van der Waals surface area contributed by atoms with Gasteiger partial charge in [0.15, 0.2) is 5.16 Å². The molecule has 2 heterocycles. The van der Waals surface area contributed by atoms with Gasteiger partial charge in [-0.1, -0.05) is 41.6 Å². The summed E-state index contributed by atoms with van der Waals surface area (Å²) in [6.45, 7) is 3.89. The molecule has 1 unspecified atom stereocenters. The highest BCUT2D eigenvalue weighted by molar-refractivity contribution is 7.98. The van der Waals surface area contributed by atoms with Crippen LogP contribution in [0.25, 0.3) is 0 Å². The van der Waals surface area contributed by atoms with E-state index in [4.69, 9.17) is 10.5 Å². The molecule has 0 radical (unpaired) electrons. The van der Waals surface area contributed by atoms with E-state index >= 15 is 0 Å². The topological polar surface area (TPSA) is 64.3 Å². The summed E-state index contributed by atoms with van der Waals surface area (Å²) in [5.41, 5.74) is 8.49. The Bertz CT molecular complexity index is 662. The summed E-state index contributed by atoms with van der Waals surface area (Å²) in [4.78, 5) is 11.2. The minimum absolute atomic E-state index is 0.273. The summed E-state index contributed by atoms with van der Waals surface area (Å²) in [7, 11) is 1.76. The highest BCUT2D eigenvalue weighted by atomic mass is 32.2. The molecule has 23 heavy (non-hydrogen) atoms. The molecule has 1 aromatic carbocycles. The molecular formula is C17H22N4OS. The van der Waals surface area contributed by atoms with Gasteiger partial charge in [-0.3, -0.25) is 0 Å². The fourth-order valence-electron chi connectivity index (χ4n) is 2.62. The summed E-state index contributed by atoms with van der Waals surface area (Å²) in [5.74, 6) is 2.25. The Morgan fingerprint density at radius 1 is 1.30 bits per heavy atom. The van der Waals surface area contributed by atoms with Crippen LogP contribution in [0.5, 0.6) is 0 Å². The number of anilines is 2. The van der Waals surface area contributed by atoms with E-state index in [0.29, 0.717) is 5.82 Å². The van der Waals surface area contributed by atoms with Crippen LogP contribution in [0.1, 0.15) is 17.5 Å². The lowest BCUT2D eigenvalue weighted by molar-refractivity contribution is 0.121. The zero-order valence-electron chi connectivity index (χ0n) is 13.5. The third-order valence-corrected chi connectivity index (χ3v) is 4.92. The second-order valence-corrected chi connectivity index (χ2v) is 6.74. The van der Waals surface area contributed by atoms with E-state index in [-0.39, 0.29) is 6.10 Å². The van der Waals surface area contributed by atoms with Crippen molar-refractivity contribution in [3.8, 4) is 0 Å². The summed E-state index contributed by atoms with van der Waals surface area (Å²) in [6, 6.07) is 10.4. The van der Waals surface area contributed by atoms with E-state index < -0.39 is 0 Å². The Kier molecular flexibility index (Phi) is 5.03. The van der Waals surface area contributed by atoms with Crippen LogP contribution in [0.15, 0.2) is 35.5 Å². The largest absolute Gasteiger partial charge is 0.383 e. The van der Waals surface area contributed by atoms with Crippen LogP contribution in [0, 0.1) is 6.92 Å². The summed E-state index contributed by atoms with van der Waals surface area (Å²) >= 11 is 1.61. The van der Waals surface area contributed by atoms with E-state index in [2.05, 4.69) is 46.1 Å². The highest BCUT2D eigenvalue weighted by Gasteiger charge is 2.23. The maximum atomic E-state index is 5.96. The average Bonchev–Trinajstić information content (AvgIpc) is 3.03. The predicted molar refractivity (Wildman–Crippen MR) is 94.8 cm³/mol. The van der Waals surface area contributed by atoms with Gasteiger partial charge in [-0.15, -0.1) is 0 Å². The van der Waals surface area contributed by atoms with Gasteiger partial charge in [-0.05, 0) is 18.9 Å². The Morgan fingerprint density at radius 2 is 2.09 bits per heavy atom. The van der Waals surface area contributed by atoms with Gasteiger partial charge in [-0.25, -0.2) is 9.97 Å². The van der Waals surface area contributed by atoms with Crippen molar-refractivity contribution in [2.75, 3.05) is 30.8 Å². The van der Waals surface area contributed by atoms with Gasteiger partial charge in [0, 0.05) is 32.0 Å². The van der Waals surface area contributed by atoms with Gasteiger partial charge >= 0.3 is 0 Å². The molecule has 2 aromatic rings. The lowest BCUT2D eigenvalue weighted by Gasteiger charge is -2.18. The zero-order valence-corrected chi connectivity index (χ0v) is 14.3. The highest BCUT2D eigenvalue weighted by Crippen LogP contribution is 2.26. The lowest BCUT2D eigenvalue weighted by atomic mass is 10.2. The molecular weight excluding hydrogens is 308 g/mol. The number of ether oxygens (including phenoxy) is 1. The molecule has 0 saturated carbocycles. The molecule has 0 aliphatic carbocycles. The van der Waals surface area contributed by atoms with Crippen LogP contribution < -0.4 is 10.6 Å². The molecule has 1 saturated heterocycles. The SMILES string of the molecule is COC1CCN(c2cc(N)nc(SCc3ccc(C)cc3)n2)C1. The van der Waals surface area contributed by atoms with Crippen molar-refractivity contribution in [1.29, 1.82) is 0 Å². The van der Waals surface area contributed by atoms with Crippen molar-refractivity contribution in [3.63, 3.8) is 0 Å². The molecule has 2 N–H and O–H groups in total. The molecule has 0 bridgehead atoms. The minimum atomic E-state index is 0.273. The van der Waals surface area contributed by atoms with Gasteiger partial charge in [-0.2, -0.15) is 0 Å². The number of aryl methyl sites for hydroxylation is 1. The molecule has 3 rings (SSSR count). The summed E-state index contributed by atoms with van der Waals surface area (Å²) < 4.78 is 5.42. The van der Waals surface area contributed by atoms with Crippen molar-refractivity contribution < 1.29 is 4.74 Å². The number of benzene rings is 1. The van der Waals surface area contributed by atoms with Gasteiger partial charge in [0.05, 0.1) is 6.10 Å². The number of methoxy groups -OCH3 is 1. The fourth-order valence-corrected chi connectivity index (χ4v) is 3.43. The van der Waals surface area contributed by atoms with Crippen LogP contribution in [-0.4, -0.2) is 36.3 Å². The summed E-state index contributed by atoms with van der Waals surface area (Å²) in [5, 5.41) is 0.724. The standard InChI is InChI=1S/C17H22N4OS/c1-12-3-5-13(6-4-12)11-23-17-19-15(18)9-16(20-17)21-8-7-14(10-21)22-2/h3-6,9,14H,7-8,10-11H2,1-2H3,(H2,18,19,20). The van der Waals surface area contributed by atoms with Gasteiger partial charge in [0.2, 0.25) is 0 Å². The van der Waals surface area contributed by atoms with Crippen LogP contribution in [0.3, 0.4) is 0 Å². The Balaban J connectivity index is 1.69. The number of nitrogen functional groups attached to an aromatic ring is 1. The molecule has 1 fully saturated rings. The van der Waals surface area contributed by atoms with Gasteiger partial charge in [0.1, 0.15) is 11.6 Å². The van der Waals surface area contributed by atoms with Crippen molar-refractivity contribution in [1.82, 2.24) is 9.97 Å². The number of hydrogen-bond acceptors (Lipinski definition) is 6. The molecule has 0 amide bonds. The smallest absolute Gasteiger partial charge is 0.191 e. The molecule has 0 spiro atoms. The third-order valence-electron chi connectivity index (χ3n) is 4.00. The maximum Gasteiger partial charge on any atom is 0.191 e. The van der Waals surface area contributed by atoms with Crippen LogP contribution in [-0.2, 0) is 10.5 Å². The molecule has 122 valence electrons. The predicted octanol–water partition coefficient (Wildman–Crippen LogP) is 2.88. The fraction of sp³-hybridized carbons (Fsp3) is 0.412. The first-order chi connectivity index (χ1) is 11.1. The van der Waals surface area contributed by atoms with E-state index in [1.165, 1.54) is 11.1 Å². The monoisotopic (exact) mass is 330 g/mol. The van der Waals surface area contributed by atoms with Gasteiger partial charge in [0.25, 0.3) is 0 Å². The van der Waals surface area contributed by atoms with Crippen molar-refractivity contribution in [2.45, 2.75) is 30.4 Å². The quantitative estimate of drug-likeness (QED) is 0.672. The second-order valence-electron chi connectivity index (χ2n) is 5.80. The number of hydrogen-bond donors (Lipinski definition) is 1. The molecule has 1 aliphatic rings. The molecule has 6 heteroatoms. The molecule has 1 atom stereocenters. The number of nitrogens with two attached hydrogens (primary N) is 1. The molecule has 5 nitrogen and oxygen atoms in total. The summed E-state index contributed by atoms with van der Waals surface area (Å²) in [6.07, 6.45) is 1.29. The normalized spacial score (nSPS) is 17.7. The minimum Gasteiger partial charge on any atom is -0.383 e. The second kappa shape index (κ2) is 7.19. The van der Waals surface area contributed by atoms with Gasteiger partial charge < -0.3 is 15.4 Å². The van der Waals surface area contributed by atoms with Crippen molar-refractivity contribution in [3.05, 3.63) is 41.5 Å². The van der Waals surface area contributed by atoms with Crippen molar-refractivity contribution in [2.24, 2.45) is 0 Å². The van der Waals surface area contributed by atoms with Crippen LogP contribution in [0.4, 0.5) is 11.6 Å². The van der Waals surface area contributed by atoms with Crippen LogP contribution >= 0.6 is 11.8 Å².